The van der Waals surface area contributed by atoms with Gasteiger partial charge in [-0.2, -0.15) is 0 Å². The number of nitrogens with zero attached hydrogens (tertiary/aromatic N) is 1. The van der Waals surface area contributed by atoms with Crippen LogP contribution in [0.4, 0.5) is 4.39 Å². The number of rotatable bonds is 3. The van der Waals surface area contributed by atoms with Crippen LogP contribution in [0.25, 0.3) is 0 Å². The summed E-state index contributed by atoms with van der Waals surface area (Å²) in [5, 5.41) is 9.11. The van der Waals surface area contributed by atoms with Crippen LogP contribution in [0.2, 0.25) is 0 Å². The van der Waals surface area contributed by atoms with Gasteiger partial charge >= 0.3 is 5.97 Å². The monoisotopic (exact) mass is 329 g/mol. The molecule has 0 saturated carbocycles. The maximum atomic E-state index is 13.1. The van der Waals surface area contributed by atoms with E-state index in [0.717, 1.165) is 29.4 Å². The van der Waals surface area contributed by atoms with Crippen molar-refractivity contribution in [1.29, 1.82) is 0 Å². The van der Waals surface area contributed by atoms with Crippen molar-refractivity contribution in [2.45, 2.75) is 25.8 Å². The van der Waals surface area contributed by atoms with Gasteiger partial charge in [-0.25, -0.2) is 4.39 Å². The van der Waals surface area contributed by atoms with Crippen LogP contribution in [0.5, 0.6) is 0 Å². The number of halogens is 2. The van der Waals surface area contributed by atoms with Gasteiger partial charge < -0.3 is 5.11 Å². The Morgan fingerprint density at radius 3 is 2.95 bits per heavy atom. The molecule has 2 atom stereocenters. The van der Waals surface area contributed by atoms with Gasteiger partial charge in [0.2, 0.25) is 0 Å². The number of benzene rings is 1. The fraction of sp³-hybridized carbons (Fsp3) is 0.500. The lowest BCUT2D eigenvalue weighted by Gasteiger charge is -2.35. The topological polar surface area (TPSA) is 40.5 Å². The van der Waals surface area contributed by atoms with Crippen molar-refractivity contribution >= 4 is 21.9 Å². The zero-order valence-electron chi connectivity index (χ0n) is 10.8. The number of aliphatic carboxylic acids is 1. The summed E-state index contributed by atoms with van der Waals surface area (Å²) in [6, 6.07) is 4.73. The molecule has 0 aliphatic carbocycles. The molecule has 1 fully saturated rings. The van der Waals surface area contributed by atoms with Gasteiger partial charge in [0, 0.05) is 17.1 Å². The number of carboxylic acid groups (broad SMARTS) is 1. The highest BCUT2D eigenvalue weighted by atomic mass is 79.9. The number of carbonyl (C=O) groups is 1. The molecule has 1 aliphatic rings. The molecule has 0 amide bonds. The van der Waals surface area contributed by atoms with Crippen molar-refractivity contribution in [3.63, 3.8) is 0 Å². The van der Waals surface area contributed by atoms with Crippen LogP contribution in [0.1, 0.15) is 31.4 Å². The molecule has 1 aromatic rings. The third kappa shape index (κ3) is 3.34. The Hall–Kier alpha value is -0.940. The van der Waals surface area contributed by atoms with Crippen LogP contribution in [0.15, 0.2) is 22.7 Å². The van der Waals surface area contributed by atoms with Crippen LogP contribution < -0.4 is 0 Å². The molecular weight excluding hydrogens is 313 g/mol. The first-order chi connectivity index (χ1) is 8.99. The lowest BCUT2D eigenvalue weighted by atomic mass is 9.95. The predicted octanol–water partition coefficient (Wildman–Crippen LogP) is 3.45. The molecule has 19 heavy (non-hydrogen) atoms. The molecule has 2 unspecified atom stereocenters. The van der Waals surface area contributed by atoms with E-state index < -0.39 is 5.97 Å². The van der Waals surface area contributed by atoms with Crippen LogP contribution in [-0.4, -0.2) is 29.1 Å². The van der Waals surface area contributed by atoms with Gasteiger partial charge in [0.1, 0.15) is 5.82 Å². The van der Waals surface area contributed by atoms with Crippen molar-refractivity contribution in [2.24, 2.45) is 5.92 Å². The van der Waals surface area contributed by atoms with E-state index in [1.165, 1.54) is 12.1 Å². The van der Waals surface area contributed by atoms with E-state index >= 15 is 0 Å². The Morgan fingerprint density at radius 2 is 2.32 bits per heavy atom. The maximum Gasteiger partial charge on any atom is 0.307 e. The van der Waals surface area contributed by atoms with Crippen LogP contribution in [0.3, 0.4) is 0 Å². The summed E-state index contributed by atoms with van der Waals surface area (Å²) in [5.41, 5.74) is 0.993. The average molecular weight is 330 g/mol. The normalized spacial score (nSPS) is 22.2. The summed E-state index contributed by atoms with van der Waals surface area (Å²) >= 11 is 3.38. The summed E-state index contributed by atoms with van der Waals surface area (Å²) in [6.07, 6.45) is 1.63. The second kappa shape index (κ2) is 6.01. The molecule has 3 nitrogen and oxygen atoms in total. The third-order valence-corrected chi connectivity index (χ3v) is 4.45. The second-order valence-electron chi connectivity index (χ2n) is 5.01. The van der Waals surface area contributed by atoms with Crippen molar-refractivity contribution in [3.8, 4) is 0 Å². The number of hydrogen-bond donors (Lipinski definition) is 1. The van der Waals surface area contributed by atoms with Crippen LogP contribution >= 0.6 is 15.9 Å². The van der Waals surface area contributed by atoms with E-state index in [2.05, 4.69) is 20.8 Å². The average Bonchev–Trinajstić information content (AvgIpc) is 2.38. The van der Waals surface area contributed by atoms with Gasteiger partial charge in [-0.05, 0) is 44.0 Å². The number of likely N-dealkylation sites (tertiary alicyclic amines) is 1. The van der Waals surface area contributed by atoms with E-state index in [1.807, 2.05) is 6.92 Å². The Labute approximate surface area is 120 Å². The minimum Gasteiger partial charge on any atom is -0.481 e. The van der Waals surface area contributed by atoms with Gasteiger partial charge in [0.15, 0.2) is 0 Å². The molecule has 1 aromatic carbocycles. The van der Waals surface area contributed by atoms with Gasteiger partial charge in [0.25, 0.3) is 0 Å². The molecular formula is C14H17BrFNO2. The molecule has 1 aliphatic heterocycles. The second-order valence-corrected chi connectivity index (χ2v) is 5.87. The van der Waals surface area contributed by atoms with E-state index in [4.69, 9.17) is 5.11 Å². The molecule has 1 heterocycles. The highest BCUT2D eigenvalue weighted by Gasteiger charge is 2.29. The van der Waals surface area contributed by atoms with Gasteiger partial charge in [-0.1, -0.05) is 22.0 Å². The summed E-state index contributed by atoms with van der Waals surface area (Å²) in [7, 11) is 0. The van der Waals surface area contributed by atoms with E-state index in [-0.39, 0.29) is 17.8 Å². The first kappa shape index (κ1) is 14.5. The molecule has 0 radical (unpaired) electrons. The fourth-order valence-electron chi connectivity index (χ4n) is 2.60. The lowest BCUT2D eigenvalue weighted by molar-refractivity contribution is -0.143. The van der Waals surface area contributed by atoms with E-state index in [9.17, 15) is 9.18 Å². The Kier molecular flexibility index (Phi) is 4.58. The van der Waals surface area contributed by atoms with Gasteiger partial charge in [-0.15, -0.1) is 0 Å². The molecule has 0 aromatic heterocycles. The van der Waals surface area contributed by atoms with Crippen molar-refractivity contribution in [1.82, 2.24) is 4.90 Å². The third-order valence-electron chi connectivity index (χ3n) is 3.76. The molecule has 5 heteroatoms. The number of carboxylic acids is 1. The quantitative estimate of drug-likeness (QED) is 0.923. The Bertz CT molecular complexity index is 481. The first-order valence-corrected chi connectivity index (χ1v) is 7.20. The largest absolute Gasteiger partial charge is 0.481 e. The number of hydrogen-bond acceptors (Lipinski definition) is 2. The number of piperidine rings is 1. The molecule has 104 valence electrons. The minimum absolute atomic E-state index is 0.0807. The zero-order valence-corrected chi connectivity index (χ0v) is 12.4. The summed E-state index contributed by atoms with van der Waals surface area (Å²) in [6.45, 7) is 3.47. The Balaban J connectivity index is 2.14. The molecule has 2 rings (SSSR count). The highest BCUT2D eigenvalue weighted by molar-refractivity contribution is 9.10. The molecule has 1 N–H and O–H groups in total. The summed E-state index contributed by atoms with van der Waals surface area (Å²) in [5.74, 6) is -1.30. The zero-order chi connectivity index (χ0) is 14.0. The Morgan fingerprint density at radius 1 is 1.58 bits per heavy atom. The van der Waals surface area contributed by atoms with Crippen molar-refractivity contribution in [2.75, 3.05) is 13.1 Å². The predicted molar refractivity (Wildman–Crippen MR) is 74.4 cm³/mol. The van der Waals surface area contributed by atoms with E-state index in [0.29, 0.717) is 6.54 Å². The van der Waals surface area contributed by atoms with Crippen LogP contribution in [0, 0.1) is 11.7 Å². The molecule has 0 spiro atoms. The van der Waals surface area contributed by atoms with Crippen molar-refractivity contribution < 1.29 is 14.3 Å². The van der Waals surface area contributed by atoms with E-state index in [1.54, 1.807) is 6.07 Å². The minimum atomic E-state index is -0.727. The molecule has 1 saturated heterocycles. The molecule has 0 bridgehead atoms. The van der Waals surface area contributed by atoms with Crippen LogP contribution in [-0.2, 0) is 4.79 Å². The smallest absolute Gasteiger partial charge is 0.307 e. The van der Waals surface area contributed by atoms with Crippen molar-refractivity contribution in [3.05, 3.63) is 34.1 Å². The van der Waals surface area contributed by atoms with Gasteiger partial charge in [0.05, 0.1) is 5.92 Å². The standard InChI is InChI=1S/C14H17BrFNO2/c1-9(12-5-4-11(16)7-13(12)15)17-6-2-3-10(8-17)14(18)19/h4-5,7,9-10H,2-3,6,8H2,1H3,(H,18,19). The first-order valence-electron chi connectivity index (χ1n) is 6.41. The summed E-state index contributed by atoms with van der Waals surface area (Å²) < 4.78 is 13.8. The SMILES string of the molecule is CC(c1ccc(F)cc1Br)N1CCCC(C(=O)O)C1. The van der Waals surface area contributed by atoms with Gasteiger partial charge in [-0.3, -0.25) is 9.69 Å². The fourth-order valence-corrected chi connectivity index (χ4v) is 3.28. The lowest BCUT2D eigenvalue weighted by Crippen LogP contribution is -2.40. The maximum absolute atomic E-state index is 13.1. The summed E-state index contributed by atoms with van der Waals surface area (Å²) in [4.78, 5) is 13.2. The highest BCUT2D eigenvalue weighted by Crippen LogP contribution is 2.31.